The summed E-state index contributed by atoms with van der Waals surface area (Å²) in [4.78, 5) is 14.9. The van der Waals surface area contributed by atoms with Crippen molar-refractivity contribution in [3.05, 3.63) is 35.4 Å². The van der Waals surface area contributed by atoms with E-state index in [0.29, 0.717) is 24.1 Å². The number of rotatable bonds is 0. The van der Waals surface area contributed by atoms with Crippen LogP contribution < -0.4 is 4.74 Å². The molecule has 1 aromatic carbocycles. The number of phenolic OH excluding ortho intramolecular Hbond substituents is 1. The zero-order chi connectivity index (χ0) is 16.1. The van der Waals surface area contributed by atoms with Gasteiger partial charge in [-0.2, -0.15) is 0 Å². The highest BCUT2D eigenvalue weighted by Crippen LogP contribution is 2.63. The average molecular weight is 333 g/mol. The molecule has 2 heterocycles. The van der Waals surface area contributed by atoms with Gasteiger partial charge in [-0.3, -0.25) is 9.69 Å². The van der Waals surface area contributed by atoms with Crippen LogP contribution in [-0.4, -0.2) is 68.9 Å². The van der Waals surface area contributed by atoms with Crippen LogP contribution in [-0.2, 0) is 5.41 Å². The van der Waals surface area contributed by atoms with Crippen molar-refractivity contribution in [3.8, 4) is 11.5 Å². The molecule has 0 radical (unpaired) electrons. The lowest BCUT2D eigenvalue weighted by atomic mass is 9.50. The number of likely N-dealkylation sites (N-methyl/N-ethyl adjacent to an activating group) is 1. The van der Waals surface area contributed by atoms with Crippen LogP contribution in [0.2, 0.25) is 0 Å². The molecule has 5 N–H and O–H groups in total. The Labute approximate surface area is 138 Å². The number of aliphatic hydroxyl groups is 2. The van der Waals surface area contributed by atoms with E-state index in [1.807, 2.05) is 11.9 Å². The minimum Gasteiger partial charge on any atom is -0.504 e. The van der Waals surface area contributed by atoms with Gasteiger partial charge in [0, 0.05) is 11.1 Å². The molecule has 0 unspecified atom stereocenters. The van der Waals surface area contributed by atoms with E-state index in [1.54, 1.807) is 12.1 Å². The van der Waals surface area contributed by atoms with E-state index in [2.05, 4.69) is 0 Å². The Morgan fingerprint density at radius 1 is 1.38 bits per heavy atom. The zero-order valence-electron chi connectivity index (χ0n) is 13.1. The first-order chi connectivity index (χ1) is 10.9. The minimum atomic E-state index is -1.45. The van der Waals surface area contributed by atoms with Crippen LogP contribution in [0.1, 0.15) is 22.3 Å². The number of piperidine rings is 1. The second-order valence-corrected chi connectivity index (χ2v) is 7.02. The van der Waals surface area contributed by atoms with E-state index < -0.39 is 29.3 Å². The summed E-state index contributed by atoms with van der Waals surface area (Å²) < 4.78 is 5.89. The third kappa shape index (κ3) is 1.33. The van der Waals surface area contributed by atoms with E-state index in [4.69, 9.17) is 4.74 Å². The molecule has 5 atom stereocenters. The fourth-order valence-corrected chi connectivity index (χ4v) is 5.16. The summed E-state index contributed by atoms with van der Waals surface area (Å²) in [5, 5.41) is 32.1. The predicted octanol–water partition coefficient (Wildman–Crippen LogP) is -0.871. The summed E-state index contributed by atoms with van der Waals surface area (Å²) in [6.45, 7) is 0.605. The SMILES string of the molecule is CN1CC[C@]23c4c5ccc(O)c4O[C@H]2[C@@H](O)C=C[C@@]3(O)[C@H]1C5=O.O. The number of hydrogen-bond donors (Lipinski definition) is 3. The first-order valence-electron chi connectivity index (χ1n) is 7.79. The van der Waals surface area contributed by atoms with Crippen LogP contribution in [0.4, 0.5) is 0 Å². The number of ether oxygens (including phenoxy) is 1. The molecule has 1 saturated heterocycles. The van der Waals surface area contributed by atoms with E-state index in [0.717, 1.165) is 0 Å². The molecule has 0 amide bonds. The smallest absolute Gasteiger partial charge is 0.183 e. The maximum atomic E-state index is 13.0. The van der Waals surface area contributed by atoms with Gasteiger partial charge in [0.15, 0.2) is 17.3 Å². The average Bonchev–Trinajstić information content (AvgIpc) is 2.86. The Kier molecular flexibility index (Phi) is 2.84. The number of aromatic hydroxyl groups is 1. The van der Waals surface area contributed by atoms with Gasteiger partial charge in [0.05, 0.1) is 5.41 Å². The molecule has 1 spiro atoms. The van der Waals surface area contributed by atoms with Crippen molar-refractivity contribution < 1.29 is 30.3 Å². The lowest BCUT2D eigenvalue weighted by molar-refractivity contribution is -0.138. The molecule has 1 fully saturated rings. The number of likely N-dealkylation sites (tertiary alicyclic amines) is 1. The molecule has 0 saturated carbocycles. The van der Waals surface area contributed by atoms with Crippen molar-refractivity contribution in [2.24, 2.45) is 0 Å². The molecule has 1 aromatic rings. The van der Waals surface area contributed by atoms with Crippen molar-refractivity contribution in [3.63, 3.8) is 0 Å². The number of aliphatic hydroxyl groups excluding tert-OH is 1. The van der Waals surface area contributed by atoms with Gasteiger partial charge < -0.3 is 25.5 Å². The third-order valence-electron chi connectivity index (χ3n) is 6.12. The molecule has 7 heteroatoms. The number of benzene rings is 1. The molecular weight excluding hydrogens is 314 g/mol. The number of ketones is 1. The highest BCUT2D eigenvalue weighted by Gasteiger charge is 2.73. The fraction of sp³-hybridized carbons (Fsp3) is 0.471. The molecule has 2 aliphatic heterocycles. The Bertz CT molecular complexity index is 792. The fourth-order valence-electron chi connectivity index (χ4n) is 5.16. The first-order valence-corrected chi connectivity index (χ1v) is 7.79. The largest absolute Gasteiger partial charge is 0.504 e. The molecular formula is C17H19NO6. The highest BCUT2D eigenvalue weighted by atomic mass is 16.5. The third-order valence-corrected chi connectivity index (χ3v) is 6.12. The van der Waals surface area contributed by atoms with E-state index >= 15 is 0 Å². The molecule has 24 heavy (non-hydrogen) atoms. The zero-order valence-corrected chi connectivity index (χ0v) is 13.1. The molecule has 0 aromatic heterocycles. The quantitative estimate of drug-likeness (QED) is 0.531. The summed E-state index contributed by atoms with van der Waals surface area (Å²) in [5.74, 6) is -0.0101. The topological polar surface area (TPSA) is 122 Å². The summed E-state index contributed by atoms with van der Waals surface area (Å²) >= 11 is 0. The van der Waals surface area contributed by atoms with Gasteiger partial charge in [0.25, 0.3) is 0 Å². The van der Waals surface area contributed by atoms with Crippen LogP contribution in [0.25, 0.3) is 0 Å². The highest BCUT2D eigenvalue weighted by molar-refractivity contribution is 6.06. The van der Waals surface area contributed by atoms with E-state index in [9.17, 15) is 20.1 Å². The molecule has 2 bridgehead atoms. The lowest BCUT2D eigenvalue weighted by Gasteiger charge is -2.60. The number of carbonyl (C=O) groups is 1. The predicted molar refractivity (Wildman–Crippen MR) is 83.3 cm³/mol. The maximum Gasteiger partial charge on any atom is 0.183 e. The molecule has 7 nitrogen and oxygen atoms in total. The van der Waals surface area contributed by atoms with Crippen LogP contribution in [0, 0.1) is 0 Å². The maximum absolute atomic E-state index is 13.0. The van der Waals surface area contributed by atoms with E-state index in [-0.39, 0.29) is 22.8 Å². The second-order valence-electron chi connectivity index (χ2n) is 7.02. The summed E-state index contributed by atoms with van der Waals surface area (Å²) in [6.07, 6.45) is 1.99. The molecule has 2 aliphatic carbocycles. The minimum absolute atomic E-state index is 0. The van der Waals surface area contributed by atoms with Crippen molar-refractivity contribution in [2.45, 2.75) is 35.7 Å². The van der Waals surface area contributed by atoms with E-state index in [1.165, 1.54) is 12.1 Å². The van der Waals surface area contributed by atoms with Crippen molar-refractivity contribution in [1.82, 2.24) is 4.90 Å². The molecule has 4 aliphatic rings. The Morgan fingerprint density at radius 3 is 2.88 bits per heavy atom. The van der Waals surface area contributed by atoms with Gasteiger partial charge in [-0.1, -0.05) is 12.2 Å². The standard InChI is InChI=1S/C17H17NO5.H2O/c1-18-7-6-16-11-8-2-3-9(19)13(11)23-15(16)10(20)4-5-17(16,22)14(18)12(8)21;/h2-5,10,14-15,19-20,22H,6-7H2,1H3;1H2/t10-,14+,15-,16-,17+;/m0./s1. The van der Waals surface area contributed by atoms with Gasteiger partial charge in [0.1, 0.15) is 23.9 Å². The van der Waals surface area contributed by atoms with Gasteiger partial charge in [-0.25, -0.2) is 0 Å². The monoisotopic (exact) mass is 333 g/mol. The van der Waals surface area contributed by atoms with Crippen molar-refractivity contribution >= 4 is 5.78 Å². The summed E-state index contributed by atoms with van der Waals surface area (Å²) in [7, 11) is 1.82. The summed E-state index contributed by atoms with van der Waals surface area (Å²) in [6, 6.07) is 2.33. The van der Waals surface area contributed by atoms with Crippen LogP contribution in [0.5, 0.6) is 11.5 Å². The second kappa shape index (κ2) is 4.37. The van der Waals surface area contributed by atoms with Crippen LogP contribution in [0.3, 0.4) is 0 Å². The lowest BCUT2D eigenvalue weighted by Crippen LogP contribution is -2.76. The number of nitrogens with zero attached hydrogens (tertiary/aromatic N) is 1. The Morgan fingerprint density at radius 2 is 2.12 bits per heavy atom. The van der Waals surface area contributed by atoms with Gasteiger partial charge >= 0.3 is 0 Å². The number of Topliss-reactive ketones (excluding diaryl/α,β-unsaturated/α-hetero) is 1. The molecule has 5 rings (SSSR count). The van der Waals surface area contributed by atoms with Gasteiger partial charge in [-0.15, -0.1) is 0 Å². The van der Waals surface area contributed by atoms with Gasteiger partial charge in [0.2, 0.25) is 0 Å². The normalized spacial score (nSPS) is 41.5. The Balaban J connectivity index is 0.00000146. The molecule has 128 valence electrons. The van der Waals surface area contributed by atoms with Gasteiger partial charge in [-0.05, 0) is 32.1 Å². The van der Waals surface area contributed by atoms with Crippen molar-refractivity contribution in [2.75, 3.05) is 13.6 Å². The number of phenols is 1. The summed E-state index contributed by atoms with van der Waals surface area (Å²) in [5.41, 5.74) is -1.32. The first kappa shape index (κ1) is 15.6. The Hall–Kier alpha value is -1.93. The number of hydrogen-bond acceptors (Lipinski definition) is 6. The number of carbonyl (C=O) groups excluding carboxylic acids is 1. The van der Waals surface area contributed by atoms with Crippen molar-refractivity contribution in [1.29, 1.82) is 0 Å². The van der Waals surface area contributed by atoms with Crippen LogP contribution >= 0.6 is 0 Å². The van der Waals surface area contributed by atoms with Crippen LogP contribution in [0.15, 0.2) is 24.3 Å².